The molecule has 2 heterocycles. The van der Waals surface area contributed by atoms with Crippen molar-refractivity contribution in [1.29, 1.82) is 0 Å². The molecule has 10 nitrogen and oxygen atoms in total. The fourth-order valence-electron chi connectivity index (χ4n) is 3.75. The lowest BCUT2D eigenvalue weighted by molar-refractivity contribution is -0.130. The number of hydrogen-bond donors (Lipinski definition) is 5. The van der Waals surface area contributed by atoms with Crippen molar-refractivity contribution in [1.82, 2.24) is 25.9 Å². The Hall–Kier alpha value is -3.18. The number of nitrogen functional groups attached to an aromatic ring is 1. The molecule has 0 fully saturated rings. The normalized spacial score (nSPS) is 17.9. The summed E-state index contributed by atoms with van der Waals surface area (Å²) in [6.07, 6.45) is 0.220. The van der Waals surface area contributed by atoms with E-state index in [1.165, 1.54) is 11.8 Å². The molecule has 1 aliphatic rings. The van der Waals surface area contributed by atoms with Gasteiger partial charge in [0.1, 0.15) is 11.1 Å². The molecule has 3 rings (SSSR count). The second-order valence-electron chi connectivity index (χ2n) is 8.95. The lowest BCUT2D eigenvalue weighted by Gasteiger charge is -2.22. The number of nitrogens with zero attached hydrogens (tertiary/aromatic N) is 2. The molecule has 4 bridgehead atoms. The van der Waals surface area contributed by atoms with E-state index in [1.807, 2.05) is 39.8 Å². The molecule has 188 valence electrons. The van der Waals surface area contributed by atoms with Crippen LogP contribution < -0.4 is 27.4 Å². The first-order valence-electron chi connectivity index (χ1n) is 11.6. The number of thioether (sulfide) groups is 1. The molecule has 7 N–H and O–H groups in total. The number of fused-ring (bicyclic) bond motifs is 5. The second kappa shape index (κ2) is 11.5. The third-order valence-corrected chi connectivity index (χ3v) is 6.75. The van der Waals surface area contributed by atoms with Crippen LogP contribution in [0.1, 0.15) is 41.8 Å². The van der Waals surface area contributed by atoms with E-state index in [2.05, 4.69) is 25.9 Å². The number of aromatic nitrogens is 2. The van der Waals surface area contributed by atoms with Crippen LogP contribution in [0.3, 0.4) is 0 Å². The topological polar surface area (TPSA) is 165 Å². The molecule has 1 aromatic heterocycles. The Morgan fingerprint density at radius 3 is 2.51 bits per heavy atom. The average molecular weight is 500 g/mol. The van der Waals surface area contributed by atoms with Gasteiger partial charge in [-0.05, 0) is 49.4 Å². The minimum atomic E-state index is -0.832. The number of rotatable bonds is 3. The van der Waals surface area contributed by atoms with Crippen LogP contribution in [-0.4, -0.2) is 58.6 Å². The van der Waals surface area contributed by atoms with Gasteiger partial charge in [-0.25, -0.2) is 9.97 Å². The lowest BCUT2D eigenvalue weighted by atomic mass is 9.97. The first-order valence-corrected chi connectivity index (χ1v) is 12.6. The Balaban J connectivity index is 1.91. The highest BCUT2D eigenvalue weighted by Gasteiger charge is 2.25. The van der Waals surface area contributed by atoms with Crippen molar-refractivity contribution in [3.63, 3.8) is 0 Å². The van der Waals surface area contributed by atoms with Crippen molar-refractivity contribution < 1.29 is 14.4 Å². The molecule has 2 atom stereocenters. The standard InChI is InChI=1S/C24H33N7O3S/c1-12(2)20(25)23(34)29-17-5-6-27-21(32)16-10-15(13(3)9-14(16)4)18-11-19(31-24(26)30-18)35-8-7-28-22(17)33/h9-12,17,20H,5-8,25H2,1-4H3,(H,27,32)(H,28,33)(H,29,34)(H2,26,30,31)/t17-,20?/m1/s1. The monoisotopic (exact) mass is 499 g/mol. The maximum absolute atomic E-state index is 13.0. The first kappa shape index (κ1) is 26.4. The molecule has 0 spiro atoms. The van der Waals surface area contributed by atoms with E-state index < -0.39 is 18.0 Å². The minimum absolute atomic E-state index is 0.0794. The maximum Gasteiger partial charge on any atom is 0.251 e. The van der Waals surface area contributed by atoms with E-state index in [0.717, 1.165) is 16.7 Å². The highest BCUT2D eigenvalue weighted by atomic mass is 32.2. The summed E-state index contributed by atoms with van der Waals surface area (Å²) in [4.78, 5) is 47.0. The summed E-state index contributed by atoms with van der Waals surface area (Å²) in [5.41, 5.74) is 15.6. The van der Waals surface area contributed by atoms with E-state index in [9.17, 15) is 14.4 Å². The minimum Gasteiger partial charge on any atom is -0.368 e. The third-order valence-electron chi connectivity index (χ3n) is 5.84. The Bertz CT molecular complexity index is 1120. The molecule has 1 aliphatic heterocycles. The summed E-state index contributed by atoms with van der Waals surface area (Å²) in [7, 11) is 0. The zero-order valence-corrected chi connectivity index (χ0v) is 21.3. The molecule has 1 unspecified atom stereocenters. The first-order chi connectivity index (χ1) is 16.6. The van der Waals surface area contributed by atoms with Crippen LogP contribution in [-0.2, 0) is 9.59 Å². The summed E-state index contributed by atoms with van der Waals surface area (Å²) < 4.78 is 0. The predicted octanol–water partition coefficient (Wildman–Crippen LogP) is 1.15. The van der Waals surface area contributed by atoms with Crippen LogP contribution in [0.15, 0.2) is 23.2 Å². The second-order valence-corrected chi connectivity index (χ2v) is 10.1. The Morgan fingerprint density at radius 1 is 1.09 bits per heavy atom. The van der Waals surface area contributed by atoms with E-state index in [0.29, 0.717) is 28.6 Å². The van der Waals surface area contributed by atoms with Gasteiger partial charge in [-0.3, -0.25) is 14.4 Å². The van der Waals surface area contributed by atoms with Crippen LogP contribution in [0.25, 0.3) is 11.3 Å². The van der Waals surface area contributed by atoms with E-state index in [-0.39, 0.29) is 36.6 Å². The molecule has 0 saturated heterocycles. The molecule has 0 aliphatic carbocycles. The molecule has 2 aromatic rings. The van der Waals surface area contributed by atoms with E-state index in [4.69, 9.17) is 11.5 Å². The number of amides is 3. The zero-order valence-electron chi connectivity index (χ0n) is 20.5. The van der Waals surface area contributed by atoms with Crippen LogP contribution in [0.5, 0.6) is 0 Å². The number of nitrogens with one attached hydrogen (secondary N) is 3. The largest absolute Gasteiger partial charge is 0.368 e. The van der Waals surface area contributed by atoms with Gasteiger partial charge in [-0.1, -0.05) is 19.9 Å². The Labute approximate surface area is 209 Å². The van der Waals surface area contributed by atoms with Crippen molar-refractivity contribution in [2.75, 3.05) is 24.6 Å². The average Bonchev–Trinajstić information content (AvgIpc) is 2.79. The van der Waals surface area contributed by atoms with Crippen molar-refractivity contribution in [3.05, 3.63) is 34.9 Å². The van der Waals surface area contributed by atoms with Gasteiger partial charge in [0.2, 0.25) is 17.8 Å². The smallest absolute Gasteiger partial charge is 0.251 e. The number of benzene rings is 1. The number of anilines is 1. The summed E-state index contributed by atoms with van der Waals surface area (Å²) in [5.74, 6) is -0.430. The van der Waals surface area contributed by atoms with Gasteiger partial charge in [0.05, 0.1) is 11.7 Å². The Morgan fingerprint density at radius 2 is 1.80 bits per heavy atom. The molecule has 3 amide bonds. The Kier molecular flexibility index (Phi) is 8.68. The summed E-state index contributed by atoms with van der Waals surface area (Å²) in [5, 5.41) is 9.10. The zero-order chi connectivity index (χ0) is 25.7. The number of hydrogen-bond acceptors (Lipinski definition) is 8. The van der Waals surface area contributed by atoms with Crippen molar-refractivity contribution >= 4 is 35.4 Å². The highest BCUT2D eigenvalue weighted by Crippen LogP contribution is 2.28. The van der Waals surface area contributed by atoms with Crippen molar-refractivity contribution in [2.45, 2.75) is 51.2 Å². The van der Waals surface area contributed by atoms with Crippen LogP contribution in [0.2, 0.25) is 0 Å². The summed E-state index contributed by atoms with van der Waals surface area (Å²) in [6, 6.07) is 3.99. The van der Waals surface area contributed by atoms with Gasteiger partial charge in [0, 0.05) is 30.0 Å². The van der Waals surface area contributed by atoms with E-state index >= 15 is 0 Å². The number of carbonyl (C=O) groups excluding carboxylic acids is 3. The van der Waals surface area contributed by atoms with Crippen LogP contribution >= 0.6 is 11.8 Å². The molecule has 1 aromatic carbocycles. The molecular weight excluding hydrogens is 466 g/mol. The molecular formula is C24H33N7O3S. The highest BCUT2D eigenvalue weighted by molar-refractivity contribution is 7.99. The van der Waals surface area contributed by atoms with Gasteiger partial charge < -0.3 is 27.4 Å². The fraction of sp³-hybridized carbons (Fsp3) is 0.458. The molecule has 11 heteroatoms. The quantitative estimate of drug-likeness (QED) is 0.392. The van der Waals surface area contributed by atoms with Crippen LogP contribution in [0, 0.1) is 19.8 Å². The summed E-state index contributed by atoms with van der Waals surface area (Å²) >= 11 is 1.43. The maximum atomic E-state index is 13.0. The van der Waals surface area contributed by atoms with Crippen molar-refractivity contribution in [3.8, 4) is 11.3 Å². The number of aryl methyl sites for hydroxylation is 2. The van der Waals surface area contributed by atoms with Gasteiger partial charge >= 0.3 is 0 Å². The summed E-state index contributed by atoms with van der Waals surface area (Å²) in [6.45, 7) is 8.04. The van der Waals surface area contributed by atoms with Crippen molar-refractivity contribution in [2.24, 2.45) is 11.7 Å². The molecule has 0 saturated carbocycles. The molecule has 0 radical (unpaired) electrons. The van der Waals surface area contributed by atoms with Gasteiger partial charge in [0.15, 0.2) is 0 Å². The fourth-order valence-corrected chi connectivity index (χ4v) is 4.51. The number of carbonyl (C=O) groups is 3. The third kappa shape index (κ3) is 6.70. The van der Waals surface area contributed by atoms with Gasteiger partial charge in [-0.15, -0.1) is 11.8 Å². The van der Waals surface area contributed by atoms with E-state index in [1.54, 1.807) is 6.07 Å². The van der Waals surface area contributed by atoms with Gasteiger partial charge in [-0.2, -0.15) is 0 Å². The lowest BCUT2D eigenvalue weighted by Crippen LogP contribution is -2.54. The SMILES string of the molecule is Cc1cc(C)c2cc1C(=O)NCC[C@@H](NC(=O)C(N)C(C)C)C(=O)NCCSc1cc-2nc(N)n1. The molecule has 35 heavy (non-hydrogen) atoms. The van der Waals surface area contributed by atoms with Crippen LogP contribution in [0.4, 0.5) is 5.95 Å². The number of nitrogens with two attached hydrogens (primary N) is 2. The predicted molar refractivity (Wildman–Crippen MR) is 137 cm³/mol. The van der Waals surface area contributed by atoms with Gasteiger partial charge in [0.25, 0.3) is 5.91 Å².